The van der Waals surface area contributed by atoms with Crippen LogP contribution in [0.5, 0.6) is 0 Å². The van der Waals surface area contributed by atoms with E-state index in [-0.39, 0.29) is 54.8 Å². The Morgan fingerprint density at radius 3 is 2.25 bits per heavy atom. The average molecular weight is 914 g/mol. The minimum absolute atomic E-state index is 0.0193. The highest BCUT2D eigenvalue weighted by atomic mass is 16.6. The predicted molar refractivity (Wildman–Crippen MR) is 245 cm³/mol. The van der Waals surface area contributed by atoms with Crippen molar-refractivity contribution >= 4 is 29.2 Å². The number of hydrogen-bond donors (Lipinski definition) is 3. The van der Waals surface area contributed by atoms with Crippen molar-refractivity contribution in [3.63, 3.8) is 0 Å². The van der Waals surface area contributed by atoms with E-state index in [0.717, 1.165) is 12.0 Å². The monoisotopic (exact) mass is 914 g/mol. The molecule has 14 heteroatoms. The van der Waals surface area contributed by atoms with Crippen molar-refractivity contribution in [2.45, 2.75) is 180 Å². The molecular formula is C51H79NO13. The van der Waals surface area contributed by atoms with Gasteiger partial charge in [-0.3, -0.25) is 19.2 Å². The molecule has 0 radical (unpaired) electrons. The Morgan fingerprint density at radius 1 is 0.846 bits per heavy atom. The maximum atomic E-state index is 14.4. The van der Waals surface area contributed by atoms with Gasteiger partial charge in [0.05, 0.1) is 24.4 Å². The number of esters is 1. The summed E-state index contributed by atoms with van der Waals surface area (Å²) in [6, 6.07) is -1.14. The number of Topliss-reactive ketones (excluding diaryl/α,β-unsaturated/α-hetero) is 3. The van der Waals surface area contributed by atoms with Crippen LogP contribution in [-0.4, -0.2) is 132 Å². The van der Waals surface area contributed by atoms with Crippen LogP contribution in [0.3, 0.4) is 0 Å². The zero-order valence-electron chi connectivity index (χ0n) is 40.6. The van der Waals surface area contributed by atoms with E-state index in [1.807, 2.05) is 58.1 Å². The molecule has 3 fully saturated rings. The fraction of sp³-hybridized carbons (Fsp3) is 0.745. The largest absolute Gasteiger partial charge is 0.460 e. The molecule has 366 valence electrons. The number of fused-ring (bicyclic) bond motifs is 3. The Hall–Kier alpha value is -3.37. The Bertz CT molecular complexity index is 1760. The van der Waals surface area contributed by atoms with Gasteiger partial charge in [0.1, 0.15) is 30.1 Å². The molecule has 2 bridgehead atoms. The minimum Gasteiger partial charge on any atom is -0.460 e. The molecule has 4 rings (SSSR count). The van der Waals surface area contributed by atoms with E-state index >= 15 is 0 Å². The highest BCUT2D eigenvalue weighted by Gasteiger charge is 2.53. The average Bonchev–Trinajstić information content (AvgIpc) is 3.28. The van der Waals surface area contributed by atoms with Crippen LogP contribution in [0.4, 0.5) is 0 Å². The van der Waals surface area contributed by atoms with Gasteiger partial charge < -0.3 is 43.9 Å². The van der Waals surface area contributed by atoms with Gasteiger partial charge in [0.2, 0.25) is 5.79 Å². The number of carbonyl (C=O) groups excluding carboxylic acids is 5. The molecule has 2 saturated heterocycles. The number of allylic oxidation sites excluding steroid dienone is 6. The van der Waals surface area contributed by atoms with E-state index < -0.39 is 83.9 Å². The molecule has 1 amide bonds. The Morgan fingerprint density at radius 2 is 1.57 bits per heavy atom. The summed E-state index contributed by atoms with van der Waals surface area (Å²) in [5, 5.41) is 33.8. The van der Waals surface area contributed by atoms with Gasteiger partial charge in [-0.2, -0.15) is 0 Å². The summed E-state index contributed by atoms with van der Waals surface area (Å²) in [5.74, 6) is -7.96. The van der Waals surface area contributed by atoms with Crippen molar-refractivity contribution in [3.8, 4) is 0 Å². The molecule has 0 aromatic carbocycles. The van der Waals surface area contributed by atoms with Crippen LogP contribution < -0.4 is 0 Å². The molecule has 14 nitrogen and oxygen atoms in total. The zero-order chi connectivity index (χ0) is 48.2. The van der Waals surface area contributed by atoms with Crippen molar-refractivity contribution in [2.75, 3.05) is 27.9 Å². The number of rotatable bonds is 6. The van der Waals surface area contributed by atoms with Gasteiger partial charge in [-0.1, -0.05) is 71.1 Å². The number of nitrogens with zero attached hydrogens (tertiary/aromatic N) is 1. The normalized spacial score (nSPS) is 39.1. The third-order valence-electron chi connectivity index (χ3n) is 14.5. The van der Waals surface area contributed by atoms with E-state index in [9.17, 15) is 39.3 Å². The summed E-state index contributed by atoms with van der Waals surface area (Å²) in [4.78, 5) is 71.8. The molecular weight excluding hydrogens is 835 g/mol. The van der Waals surface area contributed by atoms with Gasteiger partial charge in [0.15, 0.2) is 5.78 Å². The number of piperidine rings is 1. The molecule has 1 saturated carbocycles. The number of ketones is 3. The lowest BCUT2D eigenvalue weighted by molar-refractivity contribution is -0.265. The van der Waals surface area contributed by atoms with Crippen molar-refractivity contribution in [1.29, 1.82) is 0 Å². The number of ether oxygens (including phenoxy) is 5. The molecule has 0 aromatic heterocycles. The second-order valence-electron chi connectivity index (χ2n) is 19.6. The number of aliphatic hydroxyl groups is 3. The fourth-order valence-corrected chi connectivity index (χ4v) is 10.1. The third kappa shape index (κ3) is 14.3. The summed E-state index contributed by atoms with van der Waals surface area (Å²) < 4.78 is 29.4. The molecule has 65 heavy (non-hydrogen) atoms. The lowest BCUT2D eigenvalue weighted by Gasteiger charge is -2.42. The first-order valence-corrected chi connectivity index (χ1v) is 23.9. The van der Waals surface area contributed by atoms with Gasteiger partial charge in [0.25, 0.3) is 11.7 Å². The quantitative estimate of drug-likeness (QED) is 0.156. The SMILES string of the molecule is CO[C@H]1C[C@@H]2CC[C@@H](C)[C@@](O)(O2)C(=O)C(=O)N2CCCC[C@H]2C(=O)O[C@H]([C@H](C)C[C@@H]2CC[C@@H](O)[C@H](OC)C2)CC(=O)[C@H](C)/C=C(\C)[C@@H](O)[C@@H](OC)C(=O)[C@H](C)C[C@H](C)/C=C\C=CC=C1C. The molecule has 1 aliphatic carbocycles. The first-order valence-electron chi connectivity index (χ1n) is 23.9. The molecule has 3 N–H and O–H groups in total. The van der Waals surface area contributed by atoms with Gasteiger partial charge in [-0.25, -0.2) is 4.79 Å². The summed E-state index contributed by atoms with van der Waals surface area (Å²) in [6.07, 6.45) is 11.2. The summed E-state index contributed by atoms with van der Waals surface area (Å²) in [6.45, 7) is 12.7. The maximum absolute atomic E-state index is 14.4. The number of cyclic esters (lactones) is 1. The number of aliphatic hydroxyl groups excluding tert-OH is 2. The zero-order valence-corrected chi connectivity index (χ0v) is 40.6. The molecule has 3 heterocycles. The number of methoxy groups -OCH3 is 3. The lowest BCUT2D eigenvalue weighted by atomic mass is 9.78. The predicted octanol–water partition coefficient (Wildman–Crippen LogP) is 6.18. The van der Waals surface area contributed by atoms with Crippen LogP contribution in [0.25, 0.3) is 0 Å². The van der Waals surface area contributed by atoms with Crippen molar-refractivity contribution in [3.05, 3.63) is 47.6 Å². The van der Waals surface area contributed by atoms with Crippen LogP contribution >= 0.6 is 0 Å². The second kappa shape index (κ2) is 25.1. The Labute approximate surface area is 387 Å². The van der Waals surface area contributed by atoms with Crippen molar-refractivity contribution < 1.29 is 63.0 Å². The maximum Gasteiger partial charge on any atom is 0.329 e. The van der Waals surface area contributed by atoms with Gasteiger partial charge in [0, 0.05) is 58.5 Å². The lowest BCUT2D eigenvalue weighted by Crippen LogP contribution is -2.61. The number of hydrogen-bond acceptors (Lipinski definition) is 13. The van der Waals surface area contributed by atoms with E-state index in [1.165, 1.54) is 12.0 Å². The van der Waals surface area contributed by atoms with Crippen molar-refractivity contribution in [2.24, 2.45) is 35.5 Å². The molecule has 3 aliphatic heterocycles. The van der Waals surface area contributed by atoms with Crippen LogP contribution in [0.2, 0.25) is 0 Å². The number of carbonyl (C=O) groups is 5. The highest BCUT2D eigenvalue weighted by molar-refractivity contribution is 6.39. The van der Waals surface area contributed by atoms with Gasteiger partial charge in [-0.15, -0.1) is 0 Å². The van der Waals surface area contributed by atoms with E-state index in [1.54, 1.807) is 41.1 Å². The second-order valence-corrected chi connectivity index (χ2v) is 19.6. The summed E-state index contributed by atoms with van der Waals surface area (Å²) in [5.41, 5.74) is 1.27. The van der Waals surface area contributed by atoms with E-state index in [0.29, 0.717) is 63.4 Å². The Kier molecular flexibility index (Phi) is 21.0. The van der Waals surface area contributed by atoms with Crippen LogP contribution in [0, 0.1) is 35.5 Å². The smallest absolute Gasteiger partial charge is 0.329 e. The van der Waals surface area contributed by atoms with Gasteiger partial charge in [-0.05, 0) is 107 Å². The highest BCUT2D eigenvalue weighted by Crippen LogP contribution is 2.38. The van der Waals surface area contributed by atoms with E-state index in [4.69, 9.17) is 23.7 Å². The molecule has 15 atom stereocenters. The number of amides is 1. The standard InChI is InChI=1S/C51H79NO13/c1-30-16-12-11-13-17-31(2)42(61-8)28-38-21-19-36(7)51(60,65-38)48(57)49(58)52-23-15-14-18-39(52)50(59)64-43(33(4)26-37-20-22-40(53)44(27-37)62-9)29-41(54)32(3)25-35(6)46(56)47(63-10)45(55)34(5)24-30/h11-13,16-17,25,30,32-34,36-40,42-44,46-47,53,56,60H,14-15,18-24,26-29H2,1-10H3/b13-11?,16-12-,31-17?,35-25+/t30-,32-,33-,34-,36-,37+,38+,39+,40-,42+,43+,44-,46-,47+,51-/m1/s1. The molecule has 0 spiro atoms. The minimum atomic E-state index is -2.43. The molecule has 4 aliphatic rings. The van der Waals surface area contributed by atoms with Crippen LogP contribution in [0.1, 0.15) is 126 Å². The topological polar surface area (TPSA) is 195 Å². The van der Waals surface area contributed by atoms with Crippen molar-refractivity contribution in [1.82, 2.24) is 4.90 Å². The van der Waals surface area contributed by atoms with E-state index in [2.05, 4.69) is 0 Å². The first-order chi connectivity index (χ1) is 30.7. The molecule has 0 unspecified atom stereocenters. The summed E-state index contributed by atoms with van der Waals surface area (Å²) in [7, 11) is 4.52. The molecule has 0 aromatic rings. The third-order valence-corrected chi connectivity index (χ3v) is 14.5. The summed E-state index contributed by atoms with van der Waals surface area (Å²) >= 11 is 0. The van der Waals surface area contributed by atoms with Crippen LogP contribution in [0.15, 0.2) is 47.6 Å². The fourth-order valence-electron chi connectivity index (χ4n) is 10.1. The Balaban J connectivity index is 1.70. The van der Waals surface area contributed by atoms with Crippen LogP contribution in [-0.2, 0) is 47.7 Å². The first kappa shape index (κ1) is 54.2. The van der Waals surface area contributed by atoms with Gasteiger partial charge >= 0.3 is 5.97 Å².